The lowest BCUT2D eigenvalue weighted by atomic mass is 9.82. The zero-order chi connectivity index (χ0) is 31.1. The third-order valence-corrected chi connectivity index (χ3v) is 8.14. The van der Waals surface area contributed by atoms with Gasteiger partial charge < -0.3 is 14.6 Å². The number of carbonyl (C=O) groups excluding carboxylic acids is 1. The number of aliphatic hydroxyl groups excluding tert-OH is 1. The standard InChI is InChI=1S/C33H29BrCl2FN3O4/c34-24-9-5-21(6-10-24)19-33(32(42)40-38-20-22-3-1-4-26(37)17-22)30(28-14-11-25(35)18-29(28)36)44-31(39-33)23-7-12-27(13-8-23)43-16-2-15-41/h1,3-14,17-18,30,38,41H,2,15-16,19-20H2,(H,40,42)/t30-,33-/m0/s1. The Bertz CT molecular complexity index is 1640. The molecule has 0 unspecified atom stereocenters. The van der Waals surface area contributed by atoms with E-state index in [1.165, 1.54) is 12.1 Å². The summed E-state index contributed by atoms with van der Waals surface area (Å²) >= 11 is 16.4. The number of benzene rings is 4. The fourth-order valence-electron chi connectivity index (χ4n) is 4.87. The molecule has 5 rings (SSSR count). The van der Waals surface area contributed by atoms with E-state index in [4.69, 9.17) is 42.8 Å². The number of amides is 1. The maximum absolute atomic E-state index is 14.3. The van der Waals surface area contributed by atoms with E-state index in [9.17, 15) is 9.18 Å². The first kappa shape index (κ1) is 31.9. The van der Waals surface area contributed by atoms with E-state index in [0.717, 1.165) is 10.0 Å². The molecule has 0 fully saturated rings. The largest absolute Gasteiger partial charge is 0.494 e. The monoisotopic (exact) mass is 699 g/mol. The van der Waals surface area contributed by atoms with Gasteiger partial charge in [-0.25, -0.2) is 14.8 Å². The van der Waals surface area contributed by atoms with Crippen LogP contribution in [0, 0.1) is 5.82 Å². The van der Waals surface area contributed by atoms with Crippen LogP contribution in [-0.4, -0.2) is 35.7 Å². The number of carbonyl (C=O) groups is 1. The van der Waals surface area contributed by atoms with Gasteiger partial charge in [-0.2, -0.15) is 0 Å². The zero-order valence-electron chi connectivity index (χ0n) is 23.4. The molecular formula is C33H29BrCl2FN3O4. The van der Waals surface area contributed by atoms with Crippen LogP contribution < -0.4 is 15.6 Å². The molecule has 0 saturated heterocycles. The smallest absolute Gasteiger partial charge is 0.266 e. The number of hydrogen-bond donors (Lipinski definition) is 3. The second-order valence-corrected chi connectivity index (χ2v) is 12.0. The van der Waals surface area contributed by atoms with Crippen LogP contribution in [0.15, 0.2) is 100 Å². The molecule has 7 nitrogen and oxygen atoms in total. The normalized spacial score (nSPS) is 17.6. The molecular weight excluding hydrogens is 672 g/mol. The van der Waals surface area contributed by atoms with E-state index in [2.05, 4.69) is 26.8 Å². The van der Waals surface area contributed by atoms with Crippen LogP contribution in [0.5, 0.6) is 5.75 Å². The molecule has 1 amide bonds. The summed E-state index contributed by atoms with van der Waals surface area (Å²) in [6, 6.07) is 25.9. The minimum absolute atomic E-state index is 0.0387. The Morgan fingerprint density at radius 2 is 1.80 bits per heavy atom. The van der Waals surface area contributed by atoms with Gasteiger partial charge in [0.1, 0.15) is 11.6 Å². The maximum Gasteiger partial charge on any atom is 0.266 e. The van der Waals surface area contributed by atoms with Crippen LogP contribution in [0.3, 0.4) is 0 Å². The molecule has 4 aromatic carbocycles. The highest BCUT2D eigenvalue weighted by Crippen LogP contribution is 2.45. The third-order valence-electron chi connectivity index (χ3n) is 7.05. The number of nitrogens with one attached hydrogen (secondary N) is 2. The molecule has 4 aromatic rings. The lowest BCUT2D eigenvalue weighted by Gasteiger charge is -2.31. The Labute approximate surface area is 273 Å². The fourth-order valence-corrected chi connectivity index (χ4v) is 5.64. The van der Waals surface area contributed by atoms with Crippen molar-refractivity contribution in [3.8, 4) is 5.75 Å². The first-order valence-electron chi connectivity index (χ1n) is 13.8. The van der Waals surface area contributed by atoms with Crippen molar-refractivity contribution in [3.05, 3.63) is 134 Å². The van der Waals surface area contributed by atoms with Gasteiger partial charge in [0.2, 0.25) is 5.90 Å². The van der Waals surface area contributed by atoms with Gasteiger partial charge in [-0.15, -0.1) is 0 Å². The minimum Gasteiger partial charge on any atom is -0.494 e. The van der Waals surface area contributed by atoms with Crippen molar-refractivity contribution in [2.24, 2.45) is 4.99 Å². The van der Waals surface area contributed by atoms with Crippen LogP contribution in [0.4, 0.5) is 4.39 Å². The quantitative estimate of drug-likeness (QED) is 0.110. The molecule has 0 bridgehead atoms. The highest BCUT2D eigenvalue weighted by atomic mass is 79.9. The Morgan fingerprint density at radius 3 is 2.50 bits per heavy atom. The van der Waals surface area contributed by atoms with Crippen molar-refractivity contribution in [2.75, 3.05) is 13.2 Å². The summed E-state index contributed by atoms with van der Waals surface area (Å²) in [6.45, 7) is 0.597. The number of ether oxygens (including phenoxy) is 2. The van der Waals surface area contributed by atoms with Crippen LogP contribution in [0.25, 0.3) is 0 Å². The van der Waals surface area contributed by atoms with Gasteiger partial charge in [0.25, 0.3) is 5.91 Å². The second-order valence-electron chi connectivity index (χ2n) is 10.2. The van der Waals surface area contributed by atoms with Gasteiger partial charge in [-0.05, 0) is 71.8 Å². The highest BCUT2D eigenvalue weighted by molar-refractivity contribution is 9.10. The Morgan fingerprint density at radius 1 is 1.02 bits per heavy atom. The Balaban J connectivity index is 1.53. The molecule has 228 valence electrons. The van der Waals surface area contributed by atoms with E-state index in [-0.39, 0.29) is 31.3 Å². The average molecular weight is 701 g/mol. The number of nitrogens with zero attached hydrogens (tertiary/aromatic N) is 1. The van der Waals surface area contributed by atoms with E-state index in [1.807, 2.05) is 24.3 Å². The summed E-state index contributed by atoms with van der Waals surface area (Å²) in [6.07, 6.45) is -0.243. The molecule has 1 aliphatic rings. The predicted molar refractivity (Wildman–Crippen MR) is 172 cm³/mol. The molecule has 11 heteroatoms. The molecule has 44 heavy (non-hydrogen) atoms. The van der Waals surface area contributed by atoms with Gasteiger partial charge >= 0.3 is 0 Å². The molecule has 0 spiro atoms. The maximum atomic E-state index is 14.3. The SMILES string of the molecule is O=C(NNCc1cccc(F)c1)[C@@]1(Cc2ccc(Br)cc2)N=C(c2ccc(OCCCO)cc2)O[C@H]1c1ccc(Cl)cc1Cl. The van der Waals surface area contributed by atoms with Gasteiger partial charge in [0.15, 0.2) is 11.6 Å². The van der Waals surface area contributed by atoms with E-state index in [1.54, 1.807) is 54.6 Å². The first-order chi connectivity index (χ1) is 21.3. The number of aliphatic hydroxyl groups is 1. The number of halogens is 4. The Hall–Kier alpha value is -3.47. The van der Waals surface area contributed by atoms with E-state index >= 15 is 0 Å². The van der Waals surface area contributed by atoms with Crippen LogP contribution in [-0.2, 0) is 22.5 Å². The number of hydrogen-bond acceptors (Lipinski definition) is 6. The van der Waals surface area contributed by atoms with Crippen molar-refractivity contribution in [2.45, 2.75) is 31.0 Å². The molecule has 1 heterocycles. The molecule has 1 aliphatic heterocycles. The molecule has 2 atom stereocenters. The first-order valence-corrected chi connectivity index (χ1v) is 15.4. The van der Waals surface area contributed by atoms with Crippen LogP contribution in [0.2, 0.25) is 10.0 Å². The van der Waals surface area contributed by atoms with Crippen molar-refractivity contribution >= 4 is 50.9 Å². The van der Waals surface area contributed by atoms with Crippen molar-refractivity contribution in [1.29, 1.82) is 0 Å². The summed E-state index contributed by atoms with van der Waals surface area (Å²) in [5.41, 5.74) is 6.86. The van der Waals surface area contributed by atoms with Gasteiger partial charge in [-0.1, -0.05) is 69.5 Å². The summed E-state index contributed by atoms with van der Waals surface area (Å²) in [5.74, 6) is 0.0358. The third kappa shape index (κ3) is 7.60. The molecule has 0 radical (unpaired) electrons. The topological polar surface area (TPSA) is 92.2 Å². The van der Waals surface area contributed by atoms with E-state index in [0.29, 0.717) is 45.5 Å². The Kier molecular flexibility index (Phi) is 10.6. The summed E-state index contributed by atoms with van der Waals surface area (Å²) in [5, 5.41) is 9.80. The molecule has 3 N–H and O–H groups in total. The van der Waals surface area contributed by atoms with Gasteiger partial charge in [-0.3, -0.25) is 10.2 Å². The number of aliphatic imine (C=N–C) groups is 1. The fraction of sp³-hybridized carbons (Fsp3) is 0.212. The van der Waals surface area contributed by atoms with Crippen LogP contribution in [0.1, 0.15) is 34.8 Å². The van der Waals surface area contributed by atoms with Crippen molar-refractivity contribution < 1.29 is 23.8 Å². The summed E-state index contributed by atoms with van der Waals surface area (Å²) in [4.78, 5) is 19.3. The number of rotatable bonds is 12. The minimum atomic E-state index is -1.51. The molecule has 0 aliphatic carbocycles. The zero-order valence-corrected chi connectivity index (χ0v) is 26.5. The van der Waals surface area contributed by atoms with Gasteiger partial charge in [0.05, 0.1) is 6.61 Å². The average Bonchev–Trinajstić information content (AvgIpc) is 3.39. The lowest BCUT2D eigenvalue weighted by molar-refractivity contribution is -0.130. The van der Waals surface area contributed by atoms with Gasteiger partial charge in [0, 0.05) is 51.6 Å². The van der Waals surface area contributed by atoms with Crippen molar-refractivity contribution in [1.82, 2.24) is 10.9 Å². The highest BCUT2D eigenvalue weighted by Gasteiger charge is 2.54. The predicted octanol–water partition coefficient (Wildman–Crippen LogP) is 6.98. The van der Waals surface area contributed by atoms with E-state index < -0.39 is 17.6 Å². The molecule has 0 aromatic heterocycles. The summed E-state index contributed by atoms with van der Waals surface area (Å²) in [7, 11) is 0. The molecule has 0 saturated carbocycles. The number of hydrazine groups is 1. The second kappa shape index (κ2) is 14.5. The van der Waals surface area contributed by atoms with Crippen LogP contribution >= 0.6 is 39.1 Å². The summed E-state index contributed by atoms with van der Waals surface area (Å²) < 4.78 is 26.8. The lowest BCUT2D eigenvalue weighted by Crippen LogP contribution is -2.53. The van der Waals surface area contributed by atoms with Crippen molar-refractivity contribution in [3.63, 3.8) is 0 Å².